The van der Waals surface area contributed by atoms with E-state index in [9.17, 15) is 24.8 Å². The molecule has 3 aromatic carbocycles. The molecule has 9 nitrogen and oxygen atoms in total. The molecular formula is C33H37N3O6. The van der Waals surface area contributed by atoms with Gasteiger partial charge in [0.05, 0.1) is 24.7 Å². The first-order valence-electron chi connectivity index (χ1n) is 14.5. The number of aliphatic hydroxyl groups is 1. The maximum Gasteiger partial charge on any atom is 0.269 e. The number of carbonyl (C=O) groups is 2. The minimum absolute atomic E-state index is 0.000732. The first kappa shape index (κ1) is 29.3. The van der Waals surface area contributed by atoms with E-state index in [0.717, 1.165) is 54.5 Å². The van der Waals surface area contributed by atoms with Crippen LogP contribution in [0.4, 0.5) is 5.69 Å². The van der Waals surface area contributed by atoms with E-state index in [1.165, 1.54) is 12.1 Å². The van der Waals surface area contributed by atoms with E-state index < -0.39 is 16.4 Å². The van der Waals surface area contributed by atoms with E-state index in [2.05, 4.69) is 5.32 Å². The molecule has 2 atom stereocenters. The van der Waals surface area contributed by atoms with Gasteiger partial charge in [0.2, 0.25) is 11.8 Å². The molecule has 0 spiro atoms. The number of carbonyl (C=O) groups excluding carboxylic acids is 2. The number of ether oxygens (including phenoxy) is 1. The van der Waals surface area contributed by atoms with E-state index in [-0.39, 0.29) is 36.6 Å². The SMILES string of the molecule is COc1ccc(CCNC(=O)[C@@]2(c3ccc([N+](=O)[O-])cc3)CC(=O)N(C3CCCCC3)[C@@H]2c2ccc(CO)cc2)cc1. The lowest BCUT2D eigenvalue weighted by atomic mass is 9.70. The lowest BCUT2D eigenvalue weighted by Gasteiger charge is -2.41. The Balaban J connectivity index is 1.56. The molecule has 2 amide bonds. The minimum atomic E-state index is -1.30. The number of hydrogen-bond donors (Lipinski definition) is 2. The summed E-state index contributed by atoms with van der Waals surface area (Å²) in [5, 5.41) is 24.2. The molecule has 1 saturated heterocycles. The van der Waals surface area contributed by atoms with Gasteiger partial charge in [0.1, 0.15) is 11.2 Å². The summed E-state index contributed by atoms with van der Waals surface area (Å²) in [5.74, 6) is 0.372. The monoisotopic (exact) mass is 571 g/mol. The van der Waals surface area contributed by atoms with Gasteiger partial charge in [-0.25, -0.2) is 0 Å². The Morgan fingerprint density at radius 2 is 1.64 bits per heavy atom. The van der Waals surface area contributed by atoms with Gasteiger partial charge in [-0.3, -0.25) is 19.7 Å². The van der Waals surface area contributed by atoms with Crippen molar-refractivity contribution in [3.05, 3.63) is 105 Å². The third-order valence-corrected chi connectivity index (χ3v) is 8.77. The quantitative estimate of drug-likeness (QED) is 0.261. The topological polar surface area (TPSA) is 122 Å². The zero-order valence-electron chi connectivity index (χ0n) is 23.8. The van der Waals surface area contributed by atoms with Crippen molar-refractivity contribution in [3.63, 3.8) is 0 Å². The molecule has 2 N–H and O–H groups in total. The fourth-order valence-electron chi connectivity index (χ4n) is 6.58. The van der Waals surface area contributed by atoms with Crippen LogP contribution in [-0.2, 0) is 28.0 Å². The van der Waals surface area contributed by atoms with Crippen LogP contribution in [0.1, 0.15) is 66.8 Å². The van der Waals surface area contributed by atoms with Gasteiger partial charge < -0.3 is 20.1 Å². The molecule has 220 valence electrons. The molecule has 42 heavy (non-hydrogen) atoms. The van der Waals surface area contributed by atoms with Gasteiger partial charge in [-0.1, -0.05) is 67.8 Å². The highest BCUT2D eigenvalue weighted by atomic mass is 16.6. The van der Waals surface area contributed by atoms with Crippen LogP contribution in [0.2, 0.25) is 0 Å². The summed E-state index contributed by atoms with van der Waals surface area (Å²) in [6.07, 6.45) is 5.43. The van der Waals surface area contributed by atoms with Crippen LogP contribution in [0.15, 0.2) is 72.8 Å². The first-order chi connectivity index (χ1) is 20.4. The maximum atomic E-state index is 14.5. The minimum Gasteiger partial charge on any atom is -0.497 e. The molecule has 3 aromatic rings. The summed E-state index contributed by atoms with van der Waals surface area (Å²) in [7, 11) is 1.61. The molecule has 1 saturated carbocycles. The molecule has 1 aliphatic heterocycles. The van der Waals surface area contributed by atoms with Gasteiger partial charge >= 0.3 is 0 Å². The number of non-ortho nitro benzene ring substituents is 1. The van der Waals surface area contributed by atoms with Gasteiger partial charge in [0.15, 0.2) is 0 Å². The van der Waals surface area contributed by atoms with Crippen LogP contribution in [-0.4, -0.2) is 46.4 Å². The Morgan fingerprint density at radius 1 is 1.00 bits per heavy atom. The van der Waals surface area contributed by atoms with Crippen LogP contribution in [0.25, 0.3) is 0 Å². The lowest BCUT2D eigenvalue weighted by Crippen LogP contribution is -2.50. The number of likely N-dealkylation sites (tertiary alicyclic amines) is 1. The van der Waals surface area contributed by atoms with E-state index in [1.54, 1.807) is 19.2 Å². The van der Waals surface area contributed by atoms with Crippen molar-refractivity contribution in [1.82, 2.24) is 10.2 Å². The summed E-state index contributed by atoms with van der Waals surface area (Å²) in [6.45, 7) is 0.239. The highest BCUT2D eigenvalue weighted by molar-refractivity contribution is 5.98. The van der Waals surface area contributed by atoms with Crippen molar-refractivity contribution in [2.75, 3.05) is 13.7 Å². The van der Waals surface area contributed by atoms with E-state index in [1.807, 2.05) is 53.4 Å². The Morgan fingerprint density at radius 3 is 2.24 bits per heavy atom. The second kappa shape index (κ2) is 12.7. The zero-order chi connectivity index (χ0) is 29.7. The molecule has 5 rings (SSSR count). The number of aliphatic hydroxyl groups excluding tert-OH is 1. The molecule has 9 heteroatoms. The molecule has 0 radical (unpaired) electrons. The van der Waals surface area contributed by atoms with Crippen molar-refractivity contribution in [3.8, 4) is 5.75 Å². The van der Waals surface area contributed by atoms with Gasteiger partial charge in [0.25, 0.3) is 5.69 Å². The number of nitro groups is 1. The molecular weight excluding hydrogens is 534 g/mol. The maximum absolute atomic E-state index is 14.5. The van der Waals surface area contributed by atoms with Crippen molar-refractivity contribution in [2.45, 2.75) is 69.1 Å². The van der Waals surface area contributed by atoms with Crippen LogP contribution < -0.4 is 10.1 Å². The number of rotatable bonds is 10. The molecule has 0 bridgehead atoms. The smallest absolute Gasteiger partial charge is 0.269 e. The third-order valence-electron chi connectivity index (χ3n) is 8.77. The summed E-state index contributed by atoms with van der Waals surface area (Å²) in [6, 6.07) is 20.5. The lowest BCUT2D eigenvalue weighted by molar-refractivity contribution is -0.384. The number of nitrogens with one attached hydrogen (secondary N) is 1. The van der Waals surface area contributed by atoms with Gasteiger partial charge in [-0.2, -0.15) is 0 Å². The van der Waals surface area contributed by atoms with Crippen molar-refractivity contribution in [2.24, 2.45) is 0 Å². The van der Waals surface area contributed by atoms with Crippen molar-refractivity contribution < 1.29 is 24.4 Å². The Labute approximate surface area is 245 Å². The normalized spacial score (nSPS) is 20.9. The number of hydrogen-bond acceptors (Lipinski definition) is 6. The van der Waals surface area contributed by atoms with Gasteiger partial charge in [-0.15, -0.1) is 0 Å². The molecule has 0 aromatic heterocycles. The Kier molecular flexibility index (Phi) is 8.87. The van der Waals surface area contributed by atoms with Crippen LogP contribution >= 0.6 is 0 Å². The van der Waals surface area contributed by atoms with Gasteiger partial charge in [-0.05, 0) is 53.6 Å². The molecule has 2 fully saturated rings. The second-order valence-electron chi connectivity index (χ2n) is 11.2. The highest BCUT2D eigenvalue weighted by Gasteiger charge is 2.59. The standard InChI is InChI=1S/C33H37N3O6/c1-42-29-17-9-23(10-18-29)19-20-34-32(39)33(26-13-15-28(16-14-26)36(40)41)21-30(38)35(27-5-3-2-4-6-27)31(33)25-11-7-24(22-37)8-12-25/h7-18,27,31,37H,2-6,19-22H2,1H3,(H,34,39)/t31-,33-/m1/s1. The summed E-state index contributed by atoms with van der Waals surface area (Å²) >= 11 is 0. The number of methoxy groups -OCH3 is 1. The van der Waals surface area contributed by atoms with Crippen molar-refractivity contribution in [1.29, 1.82) is 0 Å². The molecule has 0 unspecified atom stereocenters. The van der Waals surface area contributed by atoms with Crippen LogP contribution in [0.3, 0.4) is 0 Å². The van der Waals surface area contributed by atoms with Crippen molar-refractivity contribution >= 4 is 17.5 Å². The number of amides is 2. The Bertz CT molecular complexity index is 1400. The summed E-state index contributed by atoms with van der Waals surface area (Å²) < 4.78 is 5.24. The predicted octanol–water partition coefficient (Wildman–Crippen LogP) is 5.00. The second-order valence-corrected chi connectivity index (χ2v) is 11.2. The van der Waals surface area contributed by atoms with Crippen LogP contribution in [0, 0.1) is 10.1 Å². The molecule has 1 heterocycles. The summed E-state index contributed by atoms with van der Waals surface area (Å²) in [4.78, 5) is 41.4. The first-order valence-corrected chi connectivity index (χ1v) is 14.5. The fraction of sp³-hybridized carbons (Fsp3) is 0.394. The predicted molar refractivity (Wildman–Crippen MR) is 158 cm³/mol. The van der Waals surface area contributed by atoms with Crippen LogP contribution in [0.5, 0.6) is 5.75 Å². The number of benzene rings is 3. The molecule has 1 aliphatic carbocycles. The average Bonchev–Trinajstić information content (AvgIpc) is 3.35. The largest absolute Gasteiger partial charge is 0.497 e. The average molecular weight is 572 g/mol. The zero-order valence-corrected chi connectivity index (χ0v) is 23.8. The van der Waals surface area contributed by atoms with E-state index >= 15 is 0 Å². The number of nitro benzene ring substituents is 1. The van der Waals surface area contributed by atoms with E-state index in [0.29, 0.717) is 18.5 Å². The molecule has 2 aliphatic rings. The Hall–Kier alpha value is -4.24. The third kappa shape index (κ3) is 5.74. The van der Waals surface area contributed by atoms with Gasteiger partial charge in [0, 0.05) is 31.1 Å². The highest BCUT2D eigenvalue weighted by Crippen LogP contribution is 2.52. The summed E-state index contributed by atoms with van der Waals surface area (Å²) in [5.41, 5.74) is 1.75. The number of nitrogens with zero attached hydrogens (tertiary/aromatic N) is 2. The fourth-order valence-corrected chi connectivity index (χ4v) is 6.58. The van der Waals surface area contributed by atoms with E-state index in [4.69, 9.17) is 4.74 Å².